The minimum Gasteiger partial charge on any atom is -0.493 e. The highest BCUT2D eigenvalue weighted by molar-refractivity contribution is 5.97. The van der Waals surface area contributed by atoms with Crippen LogP contribution >= 0.6 is 0 Å². The van der Waals surface area contributed by atoms with Crippen LogP contribution in [-0.4, -0.2) is 57.7 Å². The van der Waals surface area contributed by atoms with Crippen LogP contribution < -0.4 is 15.4 Å². The summed E-state index contributed by atoms with van der Waals surface area (Å²) in [5.41, 5.74) is 9.49. The lowest BCUT2D eigenvalue weighted by Crippen LogP contribution is -2.38. The van der Waals surface area contributed by atoms with E-state index in [1.54, 1.807) is 0 Å². The number of nitrogens with zero attached hydrogens (tertiary/aromatic N) is 5. The monoisotopic (exact) mass is 448 g/mol. The minimum atomic E-state index is -0.0772. The zero-order valence-corrected chi connectivity index (χ0v) is 19.4. The van der Waals surface area contributed by atoms with Crippen molar-refractivity contribution in [1.82, 2.24) is 19.5 Å². The summed E-state index contributed by atoms with van der Waals surface area (Å²) in [6.45, 7) is 6.98. The standard InChI is InChI=1S/C25H32N6O2/c1-3-33-22-10-5-4-8-19(22)25(32)30-12-7-6-9-21(30)20-14-23-27-24(17(2)15-31(23)28-20)29-13-11-18(26)16-29/h4-5,8,10,14-15,18,21H,3,6-7,9,11-13,16,26H2,1-2H3/t18-,21-/m0/s1. The smallest absolute Gasteiger partial charge is 0.258 e. The van der Waals surface area contributed by atoms with Crippen molar-refractivity contribution in [3.05, 3.63) is 53.3 Å². The summed E-state index contributed by atoms with van der Waals surface area (Å²) in [4.78, 5) is 22.7. The van der Waals surface area contributed by atoms with Crippen molar-refractivity contribution in [2.24, 2.45) is 5.73 Å². The molecule has 4 heterocycles. The molecule has 2 aromatic heterocycles. The number of carbonyl (C=O) groups excluding carboxylic acids is 1. The largest absolute Gasteiger partial charge is 0.493 e. The Morgan fingerprint density at radius 1 is 1.21 bits per heavy atom. The maximum absolute atomic E-state index is 13.6. The molecule has 5 rings (SSSR count). The predicted molar refractivity (Wildman–Crippen MR) is 128 cm³/mol. The van der Waals surface area contributed by atoms with Gasteiger partial charge in [0.05, 0.1) is 23.9 Å². The predicted octanol–water partition coefficient (Wildman–Crippen LogP) is 3.34. The fraction of sp³-hybridized carbons (Fsp3) is 0.480. The summed E-state index contributed by atoms with van der Waals surface area (Å²) in [5.74, 6) is 1.61. The molecule has 174 valence electrons. The van der Waals surface area contributed by atoms with Crippen molar-refractivity contribution < 1.29 is 9.53 Å². The Kier molecular flexibility index (Phi) is 5.93. The van der Waals surface area contributed by atoms with E-state index in [2.05, 4.69) is 11.8 Å². The number of benzene rings is 1. The number of anilines is 1. The highest BCUT2D eigenvalue weighted by Crippen LogP contribution is 2.34. The van der Waals surface area contributed by atoms with Crippen molar-refractivity contribution >= 4 is 17.4 Å². The fourth-order valence-electron chi connectivity index (χ4n) is 5.04. The van der Waals surface area contributed by atoms with Gasteiger partial charge in [-0.25, -0.2) is 9.50 Å². The van der Waals surface area contributed by atoms with Gasteiger partial charge in [0.25, 0.3) is 5.91 Å². The topological polar surface area (TPSA) is 89.0 Å². The Balaban J connectivity index is 1.47. The van der Waals surface area contributed by atoms with Crippen LogP contribution in [0.2, 0.25) is 0 Å². The van der Waals surface area contributed by atoms with Crippen LogP contribution in [0.3, 0.4) is 0 Å². The highest BCUT2D eigenvalue weighted by Gasteiger charge is 2.32. The van der Waals surface area contributed by atoms with Crippen LogP contribution in [0.25, 0.3) is 5.65 Å². The van der Waals surface area contributed by atoms with E-state index in [1.165, 1.54) is 0 Å². The van der Waals surface area contributed by atoms with Gasteiger partial charge in [0, 0.05) is 43.5 Å². The number of aryl methyl sites for hydroxylation is 1. The quantitative estimate of drug-likeness (QED) is 0.644. The van der Waals surface area contributed by atoms with Crippen molar-refractivity contribution in [2.45, 2.75) is 51.6 Å². The Hall–Kier alpha value is -3.13. The second kappa shape index (κ2) is 9.02. The molecule has 0 saturated carbocycles. The van der Waals surface area contributed by atoms with Gasteiger partial charge in [0.2, 0.25) is 0 Å². The van der Waals surface area contributed by atoms with E-state index in [9.17, 15) is 4.79 Å². The third kappa shape index (κ3) is 4.15. The van der Waals surface area contributed by atoms with Gasteiger partial charge >= 0.3 is 0 Å². The molecule has 2 aliphatic rings. The lowest BCUT2D eigenvalue weighted by Gasteiger charge is -2.35. The Morgan fingerprint density at radius 3 is 2.85 bits per heavy atom. The molecule has 8 heteroatoms. The van der Waals surface area contributed by atoms with E-state index in [1.807, 2.05) is 52.9 Å². The van der Waals surface area contributed by atoms with Crippen LogP contribution in [0, 0.1) is 6.92 Å². The van der Waals surface area contributed by atoms with Gasteiger partial charge in [-0.05, 0) is 51.7 Å². The molecule has 0 radical (unpaired) electrons. The summed E-state index contributed by atoms with van der Waals surface area (Å²) in [6.07, 6.45) is 5.96. The molecule has 0 bridgehead atoms. The SMILES string of the molecule is CCOc1ccccc1C(=O)N1CCCC[C@H]1c1cc2nc(N3CC[C@H](N)C3)c(C)cn2n1. The van der Waals surface area contributed by atoms with Crippen molar-refractivity contribution in [3.63, 3.8) is 0 Å². The molecule has 0 spiro atoms. The van der Waals surface area contributed by atoms with E-state index in [0.717, 1.165) is 61.5 Å². The first-order valence-electron chi connectivity index (χ1n) is 12.0. The second-order valence-corrected chi connectivity index (χ2v) is 9.05. The summed E-state index contributed by atoms with van der Waals surface area (Å²) >= 11 is 0. The first-order valence-corrected chi connectivity index (χ1v) is 12.0. The Labute approximate surface area is 194 Å². The van der Waals surface area contributed by atoms with E-state index < -0.39 is 0 Å². The van der Waals surface area contributed by atoms with Crippen molar-refractivity contribution in [2.75, 3.05) is 31.1 Å². The molecule has 2 saturated heterocycles. The Morgan fingerprint density at radius 2 is 2.06 bits per heavy atom. The van der Waals surface area contributed by atoms with Crippen molar-refractivity contribution in [3.8, 4) is 5.75 Å². The third-order valence-corrected chi connectivity index (χ3v) is 6.67. The number of fused-ring (bicyclic) bond motifs is 1. The lowest BCUT2D eigenvalue weighted by atomic mass is 9.98. The Bertz CT molecular complexity index is 1160. The molecular weight excluding hydrogens is 416 g/mol. The van der Waals surface area contributed by atoms with E-state index >= 15 is 0 Å². The molecule has 33 heavy (non-hydrogen) atoms. The normalized spacial score (nSPS) is 21.1. The van der Waals surface area contributed by atoms with E-state index in [-0.39, 0.29) is 18.0 Å². The molecule has 8 nitrogen and oxygen atoms in total. The number of amides is 1. The van der Waals surface area contributed by atoms with E-state index in [4.69, 9.17) is 20.6 Å². The zero-order chi connectivity index (χ0) is 22.9. The first-order chi connectivity index (χ1) is 16.0. The number of nitrogens with two attached hydrogens (primary N) is 1. The van der Waals surface area contributed by atoms with Crippen LogP contribution in [0.1, 0.15) is 60.3 Å². The molecule has 2 fully saturated rings. The fourth-order valence-corrected chi connectivity index (χ4v) is 5.04. The number of carbonyl (C=O) groups is 1. The summed E-state index contributed by atoms with van der Waals surface area (Å²) < 4.78 is 7.57. The molecule has 3 aromatic rings. The van der Waals surface area contributed by atoms with Crippen molar-refractivity contribution in [1.29, 1.82) is 0 Å². The number of hydrogen-bond acceptors (Lipinski definition) is 6. The van der Waals surface area contributed by atoms with Gasteiger partial charge in [-0.15, -0.1) is 0 Å². The van der Waals surface area contributed by atoms with Gasteiger partial charge < -0.3 is 20.3 Å². The molecule has 0 aliphatic carbocycles. The third-order valence-electron chi connectivity index (χ3n) is 6.67. The lowest BCUT2D eigenvalue weighted by molar-refractivity contribution is 0.0601. The number of ether oxygens (including phenoxy) is 1. The van der Waals surface area contributed by atoms with Crippen LogP contribution in [0.4, 0.5) is 5.82 Å². The number of piperidine rings is 1. The molecule has 2 aliphatic heterocycles. The molecule has 2 N–H and O–H groups in total. The molecule has 2 atom stereocenters. The summed E-state index contributed by atoms with van der Waals surface area (Å²) in [6, 6.07) is 9.65. The maximum Gasteiger partial charge on any atom is 0.258 e. The number of hydrogen-bond donors (Lipinski definition) is 1. The zero-order valence-electron chi connectivity index (χ0n) is 19.4. The average Bonchev–Trinajstić information content (AvgIpc) is 3.44. The van der Waals surface area contributed by atoms with Gasteiger partial charge in [0.15, 0.2) is 5.65 Å². The van der Waals surface area contributed by atoms with Crippen LogP contribution in [-0.2, 0) is 0 Å². The van der Waals surface area contributed by atoms with E-state index in [0.29, 0.717) is 24.5 Å². The number of para-hydroxylation sites is 1. The number of rotatable bonds is 5. The molecule has 1 aromatic carbocycles. The van der Waals surface area contributed by atoms with Gasteiger partial charge in [-0.3, -0.25) is 4.79 Å². The van der Waals surface area contributed by atoms with Gasteiger partial charge in [0.1, 0.15) is 11.6 Å². The molecular formula is C25H32N6O2. The number of likely N-dealkylation sites (tertiary alicyclic amines) is 1. The summed E-state index contributed by atoms with van der Waals surface area (Å²) in [5, 5.41) is 4.85. The van der Waals surface area contributed by atoms with Gasteiger partial charge in [-0.1, -0.05) is 12.1 Å². The summed E-state index contributed by atoms with van der Waals surface area (Å²) in [7, 11) is 0. The first kappa shape index (κ1) is 21.7. The van der Waals surface area contributed by atoms with Crippen LogP contribution in [0.5, 0.6) is 5.75 Å². The number of aromatic nitrogens is 3. The second-order valence-electron chi connectivity index (χ2n) is 9.05. The molecule has 1 amide bonds. The molecule has 0 unspecified atom stereocenters. The average molecular weight is 449 g/mol. The van der Waals surface area contributed by atoms with Gasteiger partial charge in [-0.2, -0.15) is 5.10 Å². The van der Waals surface area contributed by atoms with Crippen LogP contribution in [0.15, 0.2) is 36.5 Å². The highest BCUT2D eigenvalue weighted by atomic mass is 16.5. The maximum atomic E-state index is 13.6. The minimum absolute atomic E-state index is 0.00307.